The van der Waals surface area contributed by atoms with Crippen LogP contribution in [0.5, 0.6) is 0 Å². The van der Waals surface area contributed by atoms with Crippen molar-refractivity contribution in [3.8, 4) is 0 Å². The van der Waals surface area contributed by atoms with E-state index < -0.39 is 10.0 Å². The van der Waals surface area contributed by atoms with Gasteiger partial charge in [0, 0.05) is 20.1 Å². The molecule has 2 aromatic heterocycles. The van der Waals surface area contributed by atoms with E-state index in [1.54, 1.807) is 32.5 Å². The number of rotatable bonds is 3. The van der Waals surface area contributed by atoms with Gasteiger partial charge in [0.05, 0.1) is 17.3 Å². The fourth-order valence-corrected chi connectivity index (χ4v) is 4.78. The molecule has 0 amide bonds. The molecule has 0 radical (unpaired) electrons. The van der Waals surface area contributed by atoms with Crippen molar-refractivity contribution in [3.63, 3.8) is 0 Å². The first kappa shape index (κ1) is 15.2. The molecular formula is C13H19N5O3S. The highest BCUT2D eigenvalue weighted by Gasteiger charge is 2.38. The fraction of sp³-hybridized carbons (Fsp3) is 0.615. The van der Waals surface area contributed by atoms with Gasteiger partial charge >= 0.3 is 0 Å². The van der Waals surface area contributed by atoms with E-state index in [1.165, 1.54) is 4.31 Å². The van der Waals surface area contributed by atoms with Crippen LogP contribution >= 0.6 is 0 Å². The largest absolute Gasteiger partial charge is 0.339 e. The Balaban J connectivity index is 1.88. The van der Waals surface area contributed by atoms with Gasteiger partial charge in [-0.3, -0.25) is 4.68 Å². The van der Waals surface area contributed by atoms with Gasteiger partial charge in [-0.25, -0.2) is 8.42 Å². The van der Waals surface area contributed by atoms with E-state index in [4.69, 9.17) is 4.52 Å². The maximum absolute atomic E-state index is 12.9. The van der Waals surface area contributed by atoms with Crippen molar-refractivity contribution < 1.29 is 12.9 Å². The molecule has 1 fully saturated rings. The van der Waals surface area contributed by atoms with Gasteiger partial charge < -0.3 is 4.52 Å². The van der Waals surface area contributed by atoms with Gasteiger partial charge in [-0.15, -0.1) is 0 Å². The smallest absolute Gasteiger partial charge is 0.246 e. The van der Waals surface area contributed by atoms with Crippen LogP contribution in [0.3, 0.4) is 0 Å². The summed E-state index contributed by atoms with van der Waals surface area (Å²) in [5.74, 6) is 1.03. The average molecular weight is 325 g/mol. The summed E-state index contributed by atoms with van der Waals surface area (Å²) in [4.78, 5) is 4.51. The molecule has 0 spiro atoms. The fourth-order valence-electron chi connectivity index (χ4n) is 2.88. The highest BCUT2D eigenvalue weighted by Crippen LogP contribution is 2.32. The molecule has 120 valence electrons. The Morgan fingerprint density at radius 1 is 1.27 bits per heavy atom. The Kier molecular flexibility index (Phi) is 3.56. The van der Waals surface area contributed by atoms with Crippen LogP contribution in [0, 0.1) is 20.8 Å². The van der Waals surface area contributed by atoms with Crippen LogP contribution in [0.1, 0.15) is 35.4 Å². The van der Waals surface area contributed by atoms with Gasteiger partial charge in [-0.05, 0) is 27.2 Å². The Morgan fingerprint density at radius 2 is 2.00 bits per heavy atom. The Bertz CT molecular complexity index is 808. The summed E-state index contributed by atoms with van der Waals surface area (Å²) in [6, 6.07) is 0. The van der Waals surface area contributed by atoms with Gasteiger partial charge in [0.15, 0.2) is 5.82 Å². The van der Waals surface area contributed by atoms with E-state index in [-0.39, 0.29) is 5.92 Å². The Morgan fingerprint density at radius 3 is 2.55 bits per heavy atom. The van der Waals surface area contributed by atoms with Crippen molar-refractivity contribution in [1.82, 2.24) is 24.2 Å². The SMILES string of the molecule is Cc1noc([C@@H]2CCN(S(=O)(=O)c3c(C)nn(C)c3C)C2)n1. The third-order valence-corrected chi connectivity index (χ3v) is 6.20. The van der Waals surface area contributed by atoms with E-state index in [9.17, 15) is 8.42 Å². The second-order valence-electron chi connectivity index (χ2n) is 5.65. The maximum atomic E-state index is 12.9. The average Bonchev–Trinajstić information content (AvgIpc) is 3.10. The molecule has 3 rings (SSSR count). The third kappa shape index (κ3) is 2.34. The molecule has 0 N–H and O–H groups in total. The van der Waals surface area contributed by atoms with Gasteiger partial charge in [0.25, 0.3) is 0 Å². The third-order valence-electron chi connectivity index (χ3n) is 4.08. The lowest BCUT2D eigenvalue weighted by Crippen LogP contribution is -2.29. The number of hydrogen-bond donors (Lipinski definition) is 0. The standard InChI is InChI=1S/C13H19N5O3S/c1-8-12(9(2)17(4)15-8)22(19,20)18-6-5-11(7-18)13-14-10(3)16-21-13/h11H,5-7H2,1-4H3/t11-/m1/s1. The van der Waals surface area contributed by atoms with Crippen molar-refractivity contribution in [1.29, 1.82) is 0 Å². The van der Waals surface area contributed by atoms with Crippen molar-refractivity contribution in [2.75, 3.05) is 13.1 Å². The summed E-state index contributed by atoms with van der Waals surface area (Å²) in [6.45, 7) is 6.04. The molecule has 0 bridgehead atoms. The summed E-state index contributed by atoms with van der Waals surface area (Å²) < 4.78 is 34.0. The molecule has 0 unspecified atom stereocenters. The molecule has 2 aromatic rings. The van der Waals surface area contributed by atoms with E-state index in [0.717, 1.165) is 0 Å². The van der Waals surface area contributed by atoms with Crippen molar-refractivity contribution >= 4 is 10.0 Å². The van der Waals surface area contributed by atoms with Crippen molar-refractivity contribution in [2.45, 2.75) is 38.0 Å². The molecule has 0 saturated carbocycles. The van der Waals surface area contributed by atoms with Crippen LogP contribution in [0.2, 0.25) is 0 Å². The lowest BCUT2D eigenvalue weighted by atomic mass is 10.1. The minimum atomic E-state index is -3.55. The van der Waals surface area contributed by atoms with Crippen molar-refractivity contribution in [2.24, 2.45) is 7.05 Å². The number of aryl methyl sites for hydroxylation is 3. The maximum Gasteiger partial charge on any atom is 0.246 e. The van der Waals surface area contributed by atoms with Gasteiger partial charge in [-0.1, -0.05) is 5.16 Å². The van der Waals surface area contributed by atoms with Gasteiger partial charge in [0.1, 0.15) is 4.90 Å². The first-order valence-electron chi connectivity index (χ1n) is 7.11. The monoisotopic (exact) mass is 325 g/mol. The topological polar surface area (TPSA) is 94.1 Å². The predicted octanol–water partition coefficient (Wildman–Crippen LogP) is 0.907. The Hall–Kier alpha value is -1.74. The van der Waals surface area contributed by atoms with E-state index in [2.05, 4.69) is 15.2 Å². The second-order valence-corrected chi connectivity index (χ2v) is 7.53. The lowest BCUT2D eigenvalue weighted by molar-refractivity contribution is 0.351. The van der Waals surface area contributed by atoms with E-state index in [1.807, 2.05) is 0 Å². The zero-order chi connectivity index (χ0) is 16.1. The molecule has 0 aromatic carbocycles. The minimum absolute atomic E-state index is 0.0479. The van der Waals surface area contributed by atoms with Crippen LogP contribution in [-0.4, -0.2) is 45.7 Å². The Labute approximate surface area is 129 Å². The first-order valence-corrected chi connectivity index (χ1v) is 8.55. The zero-order valence-corrected chi connectivity index (χ0v) is 13.9. The predicted molar refractivity (Wildman–Crippen MR) is 77.8 cm³/mol. The van der Waals surface area contributed by atoms with Crippen LogP contribution in [-0.2, 0) is 17.1 Å². The molecule has 9 heteroatoms. The first-order chi connectivity index (χ1) is 10.3. The number of hydrogen-bond acceptors (Lipinski definition) is 6. The molecule has 1 atom stereocenters. The highest BCUT2D eigenvalue weighted by atomic mass is 32.2. The molecule has 1 saturated heterocycles. The molecule has 1 aliphatic rings. The molecule has 0 aliphatic carbocycles. The van der Waals surface area contributed by atoms with Crippen LogP contribution in [0.25, 0.3) is 0 Å². The van der Waals surface area contributed by atoms with E-state index >= 15 is 0 Å². The number of nitrogens with zero attached hydrogens (tertiary/aromatic N) is 5. The summed E-state index contributed by atoms with van der Waals surface area (Å²) in [5, 5.41) is 7.97. The normalized spacial score (nSPS) is 19.9. The van der Waals surface area contributed by atoms with Crippen molar-refractivity contribution in [3.05, 3.63) is 23.1 Å². The summed E-state index contributed by atoms with van der Waals surface area (Å²) in [7, 11) is -1.81. The number of aromatic nitrogens is 4. The summed E-state index contributed by atoms with van der Waals surface area (Å²) >= 11 is 0. The molecule has 8 nitrogen and oxygen atoms in total. The van der Waals surface area contributed by atoms with Gasteiger partial charge in [-0.2, -0.15) is 14.4 Å². The molecule has 1 aliphatic heterocycles. The molecule has 3 heterocycles. The second kappa shape index (κ2) is 5.17. The van der Waals surface area contributed by atoms with Gasteiger partial charge in [0.2, 0.25) is 15.9 Å². The van der Waals surface area contributed by atoms with E-state index in [0.29, 0.717) is 47.5 Å². The quantitative estimate of drug-likeness (QED) is 0.832. The minimum Gasteiger partial charge on any atom is -0.339 e. The van der Waals surface area contributed by atoms with Crippen LogP contribution < -0.4 is 0 Å². The highest BCUT2D eigenvalue weighted by molar-refractivity contribution is 7.89. The van der Waals surface area contributed by atoms with Crippen LogP contribution in [0.15, 0.2) is 9.42 Å². The zero-order valence-electron chi connectivity index (χ0n) is 13.1. The molecule has 22 heavy (non-hydrogen) atoms. The molecular weight excluding hydrogens is 306 g/mol. The lowest BCUT2D eigenvalue weighted by Gasteiger charge is -2.16. The summed E-state index contributed by atoms with van der Waals surface area (Å²) in [6.07, 6.45) is 0.680. The number of sulfonamides is 1. The summed E-state index contributed by atoms with van der Waals surface area (Å²) in [5.41, 5.74) is 1.17. The van der Waals surface area contributed by atoms with Crippen LogP contribution in [0.4, 0.5) is 0 Å².